The Balaban J connectivity index is 1.37. The van der Waals surface area contributed by atoms with Crippen LogP contribution in [0.1, 0.15) is 18.2 Å². The third kappa shape index (κ3) is 2.79. The SMILES string of the molecule is O=C1CC(c2nc(-c3ccc4c(c3)OCO4)no2)CN1c1ccc(F)cc1. The predicted octanol–water partition coefficient (Wildman–Crippen LogP) is 3.12. The van der Waals surface area contributed by atoms with Crippen LogP contribution in [-0.2, 0) is 4.79 Å². The summed E-state index contributed by atoms with van der Waals surface area (Å²) in [6.45, 7) is 0.604. The molecule has 1 aromatic heterocycles. The number of hydrogen-bond acceptors (Lipinski definition) is 6. The highest BCUT2D eigenvalue weighted by Crippen LogP contribution is 2.36. The second-order valence-corrected chi connectivity index (χ2v) is 6.41. The minimum Gasteiger partial charge on any atom is -0.454 e. The summed E-state index contributed by atoms with van der Waals surface area (Å²) >= 11 is 0. The van der Waals surface area contributed by atoms with Gasteiger partial charge >= 0.3 is 0 Å². The van der Waals surface area contributed by atoms with Gasteiger partial charge in [-0.2, -0.15) is 4.98 Å². The van der Waals surface area contributed by atoms with E-state index in [1.807, 2.05) is 6.07 Å². The normalized spacial score (nSPS) is 18.3. The molecule has 3 aromatic rings. The molecule has 1 amide bonds. The first kappa shape index (κ1) is 15.8. The number of carbonyl (C=O) groups is 1. The summed E-state index contributed by atoms with van der Waals surface area (Å²) in [4.78, 5) is 18.4. The van der Waals surface area contributed by atoms with E-state index in [-0.39, 0.29) is 30.9 Å². The van der Waals surface area contributed by atoms with Gasteiger partial charge in [0.15, 0.2) is 11.5 Å². The van der Waals surface area contributed by atoms with Gasteiger partial charge in [0.2, 0.25) is 24.4 Å². The zero-order valence-corrected chi connectivity index (χ0v) is 14.1. The third-order valence-corrected chi connectivity index (χ3v) is 4.69. The molecule has 0 bridgehead atoms. The predicted molar refractivity (Wildman–Crippen MR) is 92.0 cm³/mol. The molecule has 1 unspecified atom stereocenters. The van der Waals surface area contributed by atoms with Crippen molar-refractivity contribution in [3.63, 3.8) is 0 Å². The molecule has 0 saturated carbocycles. The van der Waals surface area contributed by atoms with E-state index in [9.17, 15) is 9.18 Å². The number of fused-ring (bicyclic) bond motifs is 1. The number of hydrogen-bond donors (Lipinski definition) is 0. The van der Waals surface area contributed by atoms with Crippen LogP contribution in [0.4, 0.5) is 10.1 Å². The number of rotatable bonds is 3. The lowest BCUT2D eigenvalue weighted by atomic mass is 10.1. The molecule has 5 rings (SSSR count). The van der Waals surface area contributed by atoms with Crippen LogP contribution in [0.25, 0.3) is 11.4 Å². The van der Waals surface area contributed by atoms with Crippen LogP contribution >= 0.6 is 0 Å². The van der Waals surface area contributed by atoms with E-state index in [1.54, 1.807) is 29.2 Å². The maximum atomic E-state index is 13.1. The standard InChI is InChI=1S/C19H14FN3O4/c20-13-2-4-14(5-3-13)23-9-12(8-17(23)24)19-21-18(22-27-19)11-1-6-15-16(7-11)26-10-25-15/h1-7,12H,8-10H2. The Labute approximate surface area is 153 Å². The van der Waals surface area contributed by atoms with Gasteiger partial charge in [-0.15, -0.1) is 0 Å². The summed E-state index contributed by atoms with van der Waals surface area (Å²) in [6, 6.07) is 11.3. The van der Waals surface area contributed by atoms with Crippen LogP contribution in [0, 0.1) is 5.82 Å². The summed E-state index contributed by atoms with van der Waals surface area (Å²) in [5, 5.41) is 4.03. The fourth-order valence-electron chi connectivity index (χ4n) is 3.30. The van der Waals surface area contributed by atoms with Crippen molar-refractivity contribution in [1.82, 2.24) is 10.1 Å². The van der Waals surface area contributed by atoms with Gasteiger partial charge in [-0.1, -0.05) is 5.16 Å². The smallest absolute Gasteiger partial charge is 0.232 e. The summed E-state index contributed by atoms with van der Waals surface area (Å²) < 4.78 is 29.2. The van der Waals surface area contributed by atoms with E-state index in [0.717, 1.165) is 5.56 Å². The number of halogens is 1. The van der Waals surface area contributed by atoms with Crippen molar-refractivity contribution in [3.05, 3.63) is 54.2 Å². The average Bonchev–Trinajstić information content (AvgIpc) is 3.41. The Bertz CT molecular complexity index is 1020. The fraction of sp³-hybridized carbons (Fsp3) is 0.211. The zero-order chi connectivity index (χ0) is 18.4. The number of benzene rings is 2. The van der Waals surface area contributed by atoms with Crippen LogP contribution in [-0.4, -0.2) is 29.4 Å². The topological polar surface area (TPSA) is 77.7 Å². The molecule has 2 aliphatic rings. The molecule has 8 heteroatoms. The lowest BCUT2D eigenvalue weighted by molar-refractivity contribution is -0.117. The van der Waals surface area contributed by atoms with Gasteiger partial charge < -0.3 is 18.9 Å². The Morgan fingerprint density at radius 3 is 2.74 bits per heavy atom. The molecule has 1 fully saturated rings. The van der Waals surface area contributed by atoms with Gasteiger partial charge in [-0.3, -0.25) is 4.79 Å². The second-order valence-electron chi connectivity index (χ2n) is 6.41. The molecule has 0 spiro atoms. The van der Waals surface area contributed by atoms with Gasteiger partial charge in [0.05, 0.1) is 5.92 Å². The molecular formula is C19H14FN3O4. The van der Waals surface area contributed by atoms with Gasteiger partial charge in [0.25, 0.3) is 0 Å². The first-order chi connectivity index (χ1) is 13.2. The zero-order valence-electron chi connectivity index (χ0n) is 14.1. The highest BCUT2D eigenvalue weighted by atomic mass is 19.1. The maximum Gasteiger partial charge on any atom is 0.232 e. The number of ether oxygens (including phenoxy) is 2. The summed E-state index contributed by atoms with van der Waals surface area (Å²) in [5.74, 6) is 1.53. The fourth-order valence-corrected chi connectivity index (χ4v) is 3.30. The second kappa shape index (κ2) is 6.08. The first-order valence-corrected chi connectivity index (χ1v) is 8.47. The third-order valence-electron chi connectivity index (χ3n) is 4.69. The van der Waals surface area contributed by atoms with Crippen molar-refractivity contribution in [2.45, 2.75) is 12.3 Å². The molecule has 1 saturated heterocycles. The van der Waals surface area contributed by atoms with Crippen molar-refractivity contribution >= 4 is 11.6 Å². The Kier molecular flexibility index (Phi) is 3.56. The molecular weight excluding hydrogens is 353 g/mol. The van der Waals surface area contributed by atoms with Gasteiger partial charge in [0, 0.05) is 24.2 Å². The van der Waals surface area contributed by atoms with Crippen LogP contribution in [0.2, 0.25) is 0 Å². The van der Waals surface area contributed by atoms with Crippen molar-refractivity contribution in [2.24, 2.45) is 0 Å². The highest BCUT2D eigenvalue weighted by molar-refractivity contribution is 5.96. The van der Waals surface area contributed by atoms with E-state index >= 15 is 0 Å². The van der Waals surface area contributed by atoms with Gasteiger partial charge in [-0.05, 0) is 42.5 Å². The molecule has 1 atom stereocenters. The Hall–Kier alpha value is -3.42. The molecule has 136 valence electrons. The van der Waals surface area contributed by atoms with Gasteiger partial charge in [-0.25, -0.2) is 4.39 Å². The minimum absolute atomic E-state index is 0.0607. The average molecular weight is 367 g/mol. The molecule has 27 heavy (non-hydrogen) atoms. The summed E-state index contributed by atoms with van der Waals surface area (Å²) in [6.07, 6.45) is 0.264. The Morgan fingerprint density at radius 2 is 1.89 bits per heavy atom. The number of aromatic nitrogens is 2. The molecule has 0 aliphatic carbocycles. The van der Waals surface area contributed by atoms with Crippen LogP contribution in [0.15, 0.2) is 47.0 Å². The summed E-state index contributed by atoms with van der Waals surface area (Å²) in [7, 11) is 0. The van der Waals surface area contributed by atoms with E-state index in [2.05, 4.69) is 10.1 Å². The van der Waals surface area contributed by atoms with E-state index < -0.39 is 0 Å². The van der Waals surface area contributed by atoms with Crippen molar-refractivity contribution < 1.29 is 23.2 Å². The molecule has 2 aliphatic heterocycles. The highest BCUT2D eigenvalue weighted by Gasteiger charge is 2.35. The van der Waals surface area contributed by atoms with Crippen LogP contribution in [0.3, 0.4) is 0 Å². The Morgan fingerprint density at radius 1 is 1.07 bits per heavy atom. The number of amides is 1. The van der Waals surface area contributed by atoms with E-state index in [4.69, 9.17) is 14.0 Å². The lowest BCUT2D eigenvalue weighted by Crippen LogP contribution is -2.24. The molecule has 0 radical (unpaired) electrons. The van der Waals surface area contributed by atoms with Crippen molar-refractivity contribution in [3.8, 4) is 22.9 Å². The van der Waals surface area contributed by atoms with Crippen LogP contribution < -0.4 is 14.4 Å². The first-order valence-electron chi connectivity index (χ1n) is 8.47. The quantitative estimate of drug-likeness (QED) is 0.708. The van der Waals surface area contributed by atoms with Gasteiger partial charge in [0.1, 0.15) is 5.82 Å². The maximum absolute atomic E-state index is 13.1. The monoisotopic (exact) mass is 367 g/mol. The number of carbonyl (C=O) groups excluding carboxylic acids is 1. The van der Waals surface area contributed by atoms with Crippen molar-refractivity contribution in [2.75, 3.05) is 18.2 Å². The number of nitrogens with zero attached hydrogens (tertiary/aromatic N) is 3. The molecule has 2 aromatic carbocycles. The van der Waals surface area contributed by atoms with Crippen LogP contribution in [0.5, 0.6) is 11.5 Å². The minimum atomic E-state index is -0.341. The summed E-state index contributed by atoms with van der Waals surface area (Å²) in [5.41, 5.74) is 1.40. The van der Waals surface area contributed by atoms with E-state index in [1.165, 1.54) is 12.1 Å². The molecule has 7 nitrogen and oxygen atoms in total. The number of anilines is 1. The van der Waals surface area contributed by atoms with Crippen molar-refractivity contribution in [1.29, 1.82) is 0 Å². The largest absolute Gasteiger partial charge is 0.454 e. The molecule has 0 N–H and O–H groups in total. The molecule has 3 heterocycles. The van der Waals surface area contributed by atoms with E-state index in [0.29, 0.717) is 35.4 Å². The lowest BCUT2D eigenvalue weighted by Gasteiger charge is -2.15.